The van der Waals surface area contributed by atoms with Crippen LogP contribution in [0.25, 0.3) is 0 Å². The Morgan fingerprint density at radius 1 is 1.12 bits per heavy atom. The van der Waals surface area contributed by atoms with Gasteiger partial charge in [0.05, 0.1) is 4.90 Å². The van der Waals surface area contributed by atoms with Crippen LogP contribution in [0.3, 0.4) is 0 Å². The van der Waals surface area contributed by atoms with Gasteiger partial charge in [0.1, 0.15) is 0 Å². The predicted molar refractivity (Wildman–Crippen MR) is 103 cm³/mol. The lowest BCUT2D eigenvalue weighted by Gasteiger charge is -2.14. The molecular formula is C19H25N3O3S. The molecule has 0 saturated heterocycles. The number of rotatable bonds is 8. The van der Waals surface area contributed by atoms with Gasteiger partial charge in [0.2, 0.25) is 15.9 Å². The van der Waals surface area contributed by atoms with Gasteiger partial charge in [-0.1, -0.05) is 43.3 Å². The Morgan fingerprint density at radius 2 is 1.81 bits per heavy atom. The zero-order valence-corrected chi connectivity index (χ0v) is 15.8. The maximum atomic E-state index is 12.4. The Kier molecular flexibility index (Phi) is 6.90. The monoisotopic (exact) mass is 375 g/mol. The number of nitrogens with two attached hydrogens (primary N) is 1. The van der Waals surface area contributed by atoms with E-state index in [0.717, 1.165) is 5.56 Å². The molecule has 0 aliphatic heterocycles. The summed E-state index contributed by atoms with van der Waals surface area (Å²) in [6.45, 7) is 3.70. The summed E-state index contributed by atoms with van der Waals surface area (Å²) in [6, 6.07) is 14.9. The highest BCUT2D eigenvalue weighted by Gasteiger charge is 2.17. The van der Waals surface area contributed by atoms with Gasteiger partial charge in [0, 0.05) is 24.2 Å². The quantitative estimate of drug-likeness (QED) is 0.660. The van der Waals surface area contributed by atoms with Gasteiger partial charge in [0.15, 0.2) is 0 Å². The van der Waals surface area contributed by atoms with Gasteiger partial charge in [-0.3, -0.25) is 4.79 Å². The minimum atomic E-state index is -3.62. The van der Waals surface area contributed by atoms with E-state index in [-0.39, 0.29) is 23.3 Å². The lowest BCUT2D eigenvalue weighted by Crippen LogP contribution is -2.32. The van der Waals surface area contributed by atoms with Crippen molar-refractivity contribution < 1.29 is 13.2 Å². The molecular weight excluding hydrogens is 350 g/mol. The highest BCUT2D eigenvalue weighted by Crippen LogP contribution is 2.18. The Balaban J connectivity index is 2.05. The van der Waals surface area contributed by atoms with Crippen LogP contribution in [0.4, 0.5) is 5.69 Å². The van der Waals surface area contributed by atoms with Gasteiger partial charge < -0.3 is 11.1 Å². The smallest absolute Gasteiger partial charge is 0.240 e. The first-order valence-corrected chi connectivity index (χ1v) is 10.0. The molecule has 0 radical (unpaired) electrons. The molecule has 4 N–H and O–H groups in total. The largest absolute Gasteiger partial charge is 0.326 e. The van der Waals surface area contributed by atoms with Gasteiger partial charge in [-0.05, 0) is 37.1 Å². The summed E-state index contributed by atoms with van der Waals surface area (Å²) in [5.41, 5.74) is 7.34. The van der Waals surface area contributed by atoms with Crippen LogP contribution in [-0.4, -0.2) is 20.4 Å². The zero-order chi connectivity index (χ0) is 19.2. The van der Waals surface area contributed by atoms with Crippen molar-refractivity contribution in [3.63, 3.8) is 0 Å². The fourth-order valence-corrected chi connectivity index (χ4v) is 3.76. The maximum Gasteiger partial charge on any atom is 0.240 e. The minimum absolute atomic E-state index is 0.103. The first-order chi connectivity index (χ1) is 12.3. The maximum absolute atomic E-state index is 12.4. The molecule has 7 heteroatoms. The van der Waals surface area contributed by atoms with Crippen LogP contribution >= 0.6 is 0 Å². The molecule has 1 amide bonds. The van der Waals surface area contributed by atoms with E-state index in [1.807, 2.05) is 37.3 Å². The SMILES string of the molecule is CCC(C)NS(=O)(=O)c1cccc(NC(=O)CC(N)c2ccccc2)c1. The number of anilines is 1. The number of nitrogens with one attached hydrogen (secondary N) is 2. The second kappa shape index (κ2) is 8.93. The number of sulfonamides is 1. The van der Waals surface area contributed by atoms with Crippen LogP contribution < -0.4 is 15.8 Å². The van der Waals surface area contributed by atoms with Gasteiger partial charge in [-0.2, -0.15) is 0 Å². The van der Waals surface area contributed by atoms with E-state index < -0.39 is 16.1 Å². The Morgan fingerprint density at radius 3 is 2.46 bits per heavy atom. The number of amides is 1. The topological polar surface area (TPSA) is 101 Å². The van der Waals surface area contributed by atoms with Gasteiger partial charge in [0.25, 0.3) is 0 Å². The summed E-state index contributed by atoms with van der Waals surface area (Å²) in [5, 5.41) is 2.71. The number of carbonyl (C=O) groups is 1. The molecule has 0 saturated carbocycles. The summed E-state index contributed by atoms with van der Waals surface area (Å²) < 4.78 is 27.3. The molecule has 140 valence electrons. The second-order valence-electron chi connectivity index (χ2n) is 6.23. The first-order valence-electron chi connectivity index (χ1n) is 8.54. The number of benzene rings is 2. The zero-order valence-electron chi connectivity index (χ0n) is 15.0. The van der Waals surface area contributed by atoms with Crippen molar-refractivity contribution in [3.8, 4) is 0 Å². The van der Waals surface area contributed by atoms with Crippen LogP contribution in [0.5, 0.6) is 0 Å². The van der Waals surface area contributed by atoms with E-state index in [2.05, 4.69) is 10.0 Å². The second-order valence-corrected chi connectivity index (χ2v) is 7.94. The Hall–Kier alpha value is -2.22. The molecule has 2 unspecified atom stereocenters. The molecule has 2 atom stereocenters. The average molecular weight is 375 g/mol. The van der Waals surface area contributed by atoms with Crippen molar-refractivity contribution in [1.29, 1.82) is 0 Å². The first kappa shape index (κ1) is 20.1. The predicted octanol–water partition coefficient (Wildman–Crippen LogP) is 2.79. The summed E-state index contributed by atoms with van der Waals surface area (Å²) in [4.78, 5) is 12.3. The van der Waals surface area contributed by atoms with Crippen molar-refractivity contribution in [2.24, 2.45) is 5.73 Å². The molecule has 2 aromatic rings. The standard InChI is InChI=1S/C19H25N3O3S/c1-3-14(2)22-26(24,25)17-11-7-10-16(12-17)21-19(23)13-18(20)15-8-5-4-6-9-15/h4-12,14,18,22H,3,13,20H2,1-2H3,(H,21,23). The minimum Gasteiger partial charge on any atom is -0.326 e. The highest BCUT2D eigenvalue weighted by atomic mass is 32.2. The molecule has 2 aromatic carbocycles. The fourth-order valence-electron chi connectivity index (χ4n) is 2.39. The number of carbonyl (C=O) groups excluding carboxylic acids is 1. The summed E-state index contributed by atoms with van der Waals surface area (Å²) in [6.07, 6.45) is 0.791. The third kappa shape index (κ3) is 5.66. The van der Waals surface area contributed by atoms with E-state index >= 15 is 0 Å². The highest BCUT2D eigenvalue weighted by molar-refractivity contribution is 7.89. The molecule has 0 aliphatic carbocycles. The molecule has 0 fully saturated rings. The molecule has 0 aromatic heterocycles. The van der Waals surface area contributed by atoms with Crippen molar-refractivity contribution in [1.82, 2.24) is 4.72 Å². The van der Waals surface area contributed by atoms with Gasteiger partial charge in [-0.25, -0.2) is 13.1 Å². The molecule has 6 nitrogen and oxygen atoms in total. The Bertz CT molecular complexity index is 838. The normalized spacial score (nSPS) is 13.8. The van der Waals surface area contributed by atoms with Crippen LogP contribution in [0.2, 0.25) is 0 Å². The van der Waals surface area contributed by atoms with Crippen molar-refractivity contribution >= 4 is 21.6 Å². The van der Waals surface area contributed by atoms with Crippen LogP contribution in [0, 0.1) is 0 Å². The molecule has 26 heavy (non-hydrogen) atoms. The van der Waals surface area contributed by atoms with E-state index in [0.29, 0.717) is 12.1 Å². The third-order valence-corrected chi connectivity index (χ3v) is 5.62. The van der Waals surface area contributed by atoms with E-state index in [1.165, 1.54) is 12.1 Å². The van der Waals surface area contributed by atoms with Crippen molar-refractivity contribution in [3.05, 3.63) is 60.2 Å². The number of hydrogen-bond acceptors (Lipinski definition) is 4. The average Bonchev–Trinajstić information content (AvgIpc) is 2.62. The van der Waals surface area contributed by atoms with E-state index in [9.17, 15) is 13.2 Å². The van der Waals surface area contributed by atoms with Crippen LogP contribution in [-0.2, 0) is 14.8 Å². The van der Waals surface area contributed by atoms with Crippen molar-refractivity contribution in [2.75, 3.05) is 5.32 Å². The molecule has 0 heterocycles. The van der Waals surface area contributed by atoms with Gasteiger partial charge >= 0.3 is 0 Å². The van der Waals surface area contributed by atoms with Crippen molar-refractivity contribution in [2.45, 2.75) is 43.7 Å². The lowest BCUT2D eigenvalue weighted by molar-refractivity contribution is -0.116. The molecule has 0 bridgehead atoms. The molecule has 0 aliphatic rings. The van der Waals surface area contributed by atoms with E-state index in [1.54, 1.807) is 19.1 Å². The molecule has 0 spiro atoms. The van der Waals surface area contributed by atoms with Crippen LogP contribution in [0.15, 0.2) is 59.5 Å². The summed E-state index contributed by atoms with van der Waals surface area (Å²) in [7, 11) is -3.62. The van der Waals surface area contributed by atoms with Crippen LogP contribution in [0.1, 0.15) is 38.3 Å². The summed E-state index contributed by atoms with van der Waals surface area (Å²) in [5.74, 6) is -0.272. The third-order valence-electron chi connectivity index (χ3n) is 4.03. The molecule has 2 rings (SSSR count). The summed E-state index contributed by atoms with van der Waals surface area (Å²) >= 11 is 0. The number of hydrogen-bond donors (Lipinski definition) is 3. The lowest BCUT2D eigenvalue weighted by atomic mass is 10.0. The Labute approximate surface area is 154 Å². The fraction of sp³-hybridized carbons (Fsp3) is 0.316. The van der Waals surface area contributed by atoms with E-state index in [4.69, 9.17) is 5.73 Å². The van der Waals surface area contributed by atoms with Gasteiger partial charge in [-0.15, -0.1) is 0 Å².